The van der Waals surface area contributed by atoms with Gasteiger partial charge in [0.05, 0.1) is 18.4 Å². The third kappa shape index (κ3) is 6.23. The number of nitrogens with one attached hydrogen (secondary N) is 2. The van der Waals surface area contributed by atoms with Crippen LogP contribution in [-0.2, 0) is 6.54 Å². The van der Waals surface area contributed by atoms with E-state index in [0.717, 1.165) is 35.8 Å². The Morgan fingerprint density at radius 3 is 2.20 bits per heavy atom. The molecule has 7 nitrogen and oxygen atoms in total. The molecular formula is C32H31FN4O3. The summed E-state index contributed by atoms with van der Waals surface area (Å²) < 4.78 is 19.2. The minimum absolute atomic E-state index is 0.201. The molecule has 0 radical (unpaired) electrons. The van der Waals surface area contributed by atoms with Gasteiger partial charge in [-0.1, -0.05) is 48.5 Å². The third-order valence-corrected chi connectivity index (χ3v) is 6.93. The molecule has 2 amide bonds. The predicted octanol–water partition coefficient (Wildman–Crippen LogP) is 5.34. The van der Waals surface area contributed by atoms with Crippen LogP contribution in [0.5, 0.6) is 5.75 Å². The van der Waals surface area contributed by atoms with Crippen molar-refractivity contribution in [1.82, 2.24) is 5.32 Å². The van der Waals surface area contributed by atoms with Crippen LogP contribution in [0.3, 0.4) is 0 Å². The lowest BCUT2D eigenvalue weighted by atomic mass is 10.1. The molecule has 4 aromatic rings. The number of amides is 2. The third-order valence-electron chi connectivity index (χ3n) is 6.93. The van der Waals surface area contributed by atoms with E-state index in [1.807, 2.05) is 60.7 Å². The van der Waals surface area contributed by atoms with E-state index in [1.165, 1.54) is 18.2 Å². The largest absolute Gasteiger partial charge is 0.495 e. The average Bonchev–Trinajstić information content (AvgIpc) is 3.00. The SMILES string of the molecule is COc1ccccc1N1CCN(c2ccc(NC(=O)c3cccc(F)c3)cc2C(=O)NCc2ccccc2)CC1. The Morgan fingerprint density at radius 1 is 0.775 bits per heavy atom. The highest BCUT2D eigenvalue weighted by Crippen LogP contribution is 2.31. The number of hydrogen-bond donors (Lipinski definition) is 2. The molecule has 40 heavy (non-hydrogen) atoms. The van der Waals surface area contributed by atoms with Gasteiger partial charge < -0.3 is 25.2 Å². The van der Waals surface area contributed by atoms with Crippen LogP contribution in [0.25, 0.3) is 0 Å². The number of carbonyl (C=O) groups excluding carboxylic acids is 2. The van der Waals surface area contributed by atoms with Gasteiger partial charge in [0.2, 0.25) is 0 Å². The lowest BCUT2D eigenvalue weighted by Gasteiger charge is -2.38. The Bertz CT molecular complexity index is 1490. The van der Waals surface area contributed by atoms with Gasteiger partial charge in [-0.25, -0.2) is 4.39 Å². The Kier molecular flexibility index (Phi) is 8.25. The molecule has 1 heterocycles. The number of nitrogens with zero attached hydrogens (tertiary/aromatic N) is 2. The van der Waals surface area contributed by atoms with E-state index < -0.39 is 11.7 Å². The number of rotatable bonds is 8. The van der Waals surface area contributed by atoms with E-state index in [4.69, 9.17) is 4.74 Å². The molecule has 0 saturated carbocycles. The number of methoxy groups -OCH3 is 1. The first-order chi connectivity index (χ1) is 19.5. The molecule has 0 unspecified atom stereocenters. The van der Waals surface area contributed by atoms with Gasteiger partial charge in [-0.15, -0.1) is 0 Å². The Balaban J connectivity index is 1.37. The van der Waals surface area contributed by atoms with Crippen LogP contribution < -0.4 is 25.2 Å². The van der Waals surface area contributed by atoms with Gasteiger partial charge >= 0.3 is 0 Å². The van der Waals surface area contributed by atoms with Gasteiger partial charge in [0.1, 0.15) is 11.6 Å². The predicted molar refractivity (Wildman–Crippen MR) is 156 cm³/mol. The van der Waals surface area contributed by atoms with Crippen LogP contribution in [0.2, 0.25) is 0 Å². The number of ether oxygens (including phenoxy) is 1. The van der Waals surface area contributed by atoms with E-state index in [-0.39, 0.29) is 11.5 Å². The Labute approximate surface area is 233 Å². The van der Waals surface area contributed by atoms with E-state index >= 15 is 0 Å². The van der Waals surface area contributed by atoms with E-state index in [9.17, 15) is 14.0 Å². The summed E-state index contributed by atoms with van der Waals surface area (Å²) in [5, 5.41) is 5.81. The van der Waals surface area contributed by atoms with Crippen molar-refractivity contribution >= 4 is 28.9 Å². The first-order valence-corrected chi connectivity index (χ1v) is 13.2. The van der Waals surface area contributed by atoms with Gasteiger partial charge in [-0.3, -0.25) is 9.59 Å². The molecule has 1 saturated heterocycles. The zero-order valence-electron chi connectivity index (χ0n) is 22.3. The lowest BCUT2D eigenvalue weighted by Crippen LogP contribution is -2.47. The molecule has 4 aromatic carbocycles. The minimum Gasteiger partial charge on any atom is -0.495 e. The fourth-order valence-corrected chi connectivity index (χ4v) is 4.86. The highest BCUT2D eigenvalue weighted by atomic mass is 19.1. The second kappa shape index (κ2) is 12.3. The van der Waals surface area contributed by atoms with Crippen molar-refractivity contribution in [2.24, 2.45) is 0 Å². The molecular weight excluding hydrogens is 507 g/mol. The van der Waals surface area contributed by atoms with Crippen LogP contribution in [0.15, 0.2) is 97.1 Å². The highest BCUT2D eigenvalue weighted by molar-refractivity contribution is 6.06. The van der Waals surface area contributed by atoms with Gasteiger partial charge in [0, 0.05) is 49.7 Å². The second-order valence-corrected chi connectivity index (χ2v) is 9.51. The number of para-hydroxylation sites is 2. The van der Waals surface area contributed by atoms with Crippen molar-refractivity contribution in [2.45, 2.75) is 6.54 Å². The van der Waals surface area contributed by atoms with Gasteiger partial charge in [-0.2, -0.15) is 0 Å². The summed E-state index contributed by atoms with van der Waals surface area (Å²) in [5.74, 6) is -0.354. The van der Waals surface area contributed by atoms with Crippen LogP contribution in [0, 0.1) is 5.82 Å². The molecule has 5 rings (SSSR count). The second-order valence-electron chi connectivity index (χ2n) is 9.51. The molecule has 0 aromatic heterocycles. The molecule has 0 aliphatic carbocycles. The summed E-state index contributed by atoms with van der Waals surface area (Å²) >= 11 is 0. The summed E-state index contributed by atoms with van der Waals surface area (Å²) in [6, 6.07) is 28.4. The highest BCUT2D eigenvalue weighted by Gasteiger charge is 2.24. The number of carbonyl (C=O) groups is 2. The molecule has 0 atom stereocenters. The number of hydrogen-bond acceptors (Lipinski definition) is 5. The Hall–Kier alpha value is -4.85. The van der Waals surface area contributed by atoms with Crippen molar-refractivity contribution in [1.29, 1.82) is 0 Å². The monoisotopic (exact) mass is 538 g/mol. The van der Waals surface area contributed by atoms with Crippen LogP contribution in [-0.4, -0.2) is 45.1 Å². The number of halogens is 1. The normalized spacial score (nSPS) is 13.1. The smallest absolute Gasteiger partial charge is 0.255 e. The average molecular weight is 539 g/mol. The summed E-state index contributed by atoms with van der Waals surface area (Å²) in [5.41, 5.74) is 3.93. The summed E-state index contributed by atoms with van der Waals surface area (Å²) in [6.45, 7) is 3.28. The van der Waals surface area contributed by atoms with Crippen LogP contribution in [0.1, 0.15) is 26.3 Å². The first kappa shape index (κ1) is 26.7. The summed E-state index contributed by atoms with van der Waals surface area (Å²) in [7, 11) is 1.67. The summed E-state index contributed by atoms with van der Waals surface area (Å²) in [4.78, 5) is 30.7. The van der Waals surface area contributed by atoms with Crippen molar-refractivity contribution in [3.05, 3.63) is 120 Å². The first-order valence-electron chi connectivity index (χ1n) is 13.2. The Morgan fingerprint density at radius 2 is 1.48 bits per heavy atom. The zero-order valence-corrected chi connectivity index (χ0v) is 22.3. The summed E-state index contributed by atoms with van der Waals surface area (Å²) in [6.07, 6.45) is 0. The molecule has 2 N–H and O–H groups in total. The van der Waals surface area contributed by atoms with Crippen LogP contribution in [0.4, 0.5) is 21.5 Å². The zero-order chi connectivity index (χ0) is 27.9. The standard InChI is InChI=1S/C32H31FN4O3/c1-40-30-13-6-5-12-29(30)37-18-16-36(17-19-37)28-15-14-26(35-31(38)24-10-7-11-25(33)20-24)21-27(28)32(39)34-22-23-8-3-2-4-9-23/h2-15,20-21H,16-19,22H2,1H3,(H,34,39)(H,35,38). The van der Waals surface area contributed by atoms with E-state index in [1.54, 1.807) is 25.3 Å². The van der Waals surface area contributed by atoms with Crippen molar-refractivity contribution in [3.63, 3.8) is 0 Å². The molecule has 0 spiro atoms. The van der Waals surface area contributed by atoms with Gasteiger partial charge in [-0.05, 0) is 54.1 Å². The van der Waals surface area contributed by atoms with Crippen molar-refractivity contribution < 1.29 is 18.7 Å². The van der Waals surface area contributed by atoms with E-state index in [0.29, 0.717) is 30.9 Å². The van der Waals surface area contributed by atoms with E-state index in [2.05, 4.69) is 20.4 Å². The maximum atomic E-state index is 13.6. The molecule has 1 aliphatic rings. The molecule has 1 fully saturated rings. The van der Waals surface area contributed by atoms with Crippen LogP contribution >= 0.6 is 0 Å². The molecule has 0 bridgehead atoms. The fraction of sp³-hybridized carbons (Fsp3) is 0.188. The van der Waals surface area contributed by atoms with Crippen molar-refractivity contribution in [3.8, 4) is 5.75 Å². The quantitative estimate of drug-likeness (QED) is 0.317. The van der Waals surface area contributed by atoms with Gasteiger partial charge in [0.15, 0.2) is 0 Å². The topological polar surface area (TPSA) is 73.9 Å². The number of piperazine rings is 1. The maximum absolute atomic E-state index is 13.6. The molecule has 8 heteroatoms. The number of benzene rings is 4. The molecule has 204 valence electrons. The fourth-order valence-electron chi connectivity index (χ4n) is 4.86. The number of anilines is 3. The van der Waals surface area contributed by atoms with Gasteiger partial charge in [0.25, 0.3) is 11.8 Å². The van der Waals surface area contributed by atoms with Crippen molar-refractivity contribution in [2.75, 3.05) is 48.4 Å². The minimum atomic E-state index is -0.490. The maximum Gasteiger partial charge on any atom is 0.255 e. The lowest BCUT2D eigenvalue weighted by molar-refractivity contribution is 0.0950. The molecule has 1 aliphatic heterocycles.